The highest BCUT2D eigenvalue weighted by molar-refractivity contribution is 6.37. The molecule has 0 heterocycles. The van der Waals surface area contributed by atoms with E-state index in [2.05, 4.69) is 5.32 Å². The first-order valence-corrected chi connectivity index (χ1v) is 10.5. The normalized spacial score (nSPS) is 10.5. The summed E-state index contributed by atoms with van der Waals surface area (Å²) < 4.78 is 10.7. The fourth-order valence-electron chi connectivity index (χ4n) is 2.72. The molecule has 0 aliphatic carbocycles. The molecule has 1 N–H and O–H groups in total. The highest BCUT2D eigenvalue weighted by Gasteiger charge is 2.12. The lowest BCUT2D eigenvalue weighted by Crippen LogP contribution is -2.12. The zero-order valence-corrected chi connectivity index (χ0v) is 18.7. The maximum atomic E-state index is 12.4. The number of carbonyl (C=O) groups excluding carboxylic acids is 2. The van der Waals surface area contributed by atoms with Gasteiger partial charge in [0, 0.05) is 10.7 Å². The van der Waals surface area contributed by atoms with Crippen molar-refractivity contribution in [2.75, 3.05) is 11.9 Å². The molecule has 0 atom stereocenters. The summed E-state index contributed by atoms with van der Waals surface area (Å²) in [6.45, 7) is 2.09. The fourth-order valence-corrected chi connectivity index (χ4v) is 3.46. The Balaban J connectivity index is 1.64. The van der Waals surface area contributed by atoms with Crippen molar-refractivity contribution in [2.45, 2.75) is 13.3 Å². The molecule has 3 aromatic carbocycles. The Morgan fingerprint density at radius 2 is 1.65 bits per heavy atom. The predicted octanol–water partition coefficient (Wildman–Crippen LogP) is 6.80. The van der Waals surface area contributed by atoms with Gasteiger partial charge in [-0.2, -0.15) is 0 Å². The number of ether oxygens (including phenoxy) is 2. The Morgan fingerprint density at radius 1 is 0.903 bits per heavy atom. The second kappa shape index (κ2) is 10.5. The molecule has 0 saturated heterocycles. The zero-order valence-electron chi connectivity index (χ0n) is 16.5. The van der Waals surface area contributed by atoms with Crippen molar-refractivity contribution in [2.24, 2.45) is 0 Å². The van der Waals surface area contributed by atoms with Crippen molar-refractivity contribution in [3.05, 3.63) is 86.9 Å². The quantitative estimate of drug-likeness (QED) is 0.379. The van der Waals surface area contributed by atoms with Crippen LogP contribution in [0.3, 0.4) is 0 Å². The number of esters is 1. The molecule has 8 heteroatoms. The first-order valence-electron chi connectivity index (χ1n) is 9.34. The maximum Gasteiger partial charge on any atom is 0.310 e. The van der Waals surface area contributed by atoms with Crippen LogP contribution < -0.4 is 10.1 Å². The van der Waals surface area contributed by atoms with E-state index in [0.29, 0.717) is 39.4 Å². The average Bonchev–Trinajstić information content (AvgIpc) is 2.71. The highest BCUT2D eigenvalue weighted by atomic mass is 35.5. The van der Waals surface area contributed by atoms with Crippen LogP contribution in [0.15, 0.2) is 60.7 Å². The van der Waals surface area contributed by atoms with Gasteiger partial charge in [0.1, 0.15) is 11.5 Å². The van der Waals surface area contributed by atoms with Gasteiger partial charge in [-0.3, -0.25) is 9.59 Å². The standard InChI is InChI=1S/C23H18Cl3NO4/c1-2-30-22(28)12-14-3-10-21(20(26)11-14)31-17-7-5-16(6-8-17)27-23(29)18-9-4-15(24)13-19(18)25/h3-11,13H,2,12H2,1H3,(H,27,29). The Labute approximate surface area is 194 Å². The summed E-state index contributed by atoms with van der Waals surface area (Å²) in [4.78, 5) is 24.0. The van der Waals surface area contributed by atoms with Crippen LogP contribution >= 0.6 is 34.8 Å². The molecule has 0 aromatic heterocycles. The van der Waals surface area contributed by atoms with Crippen LogP contribution in [0.1, 0.15) is 22.8 Å². The largest absolute Gasteiger partial charge is 0.466 e. The van der Waals surface area contributed by atoms with Crippen molar-refractivity contribution in [3.63, 3.8) is 0 Å². The van der Waals surface area contributed by atoms with Gasteiger partial charge in [0.25, 0.3) is 5.91 Å². The van der Waals surface area contributed by atoms with Crippen molar-refractivity contribution in [1.29, 1.82) is 0 Å². The molecular weight excluding hydrogens is 461 g/mol. The molecule has 0 unspecified atom stereocenters. The van der Waals surface area contributed by atoms with E-state index in [1.165, 1.54) is 6.07 Å². The van der Waals surface area contributed by atoms with E-state index in [0.717, 1.165) is 5.56 Å². The van der Waals surface area contributed by atoms with E-state index >= 15 is 0 Å². The first kappa shape index (κ1) is 22.9. The summed E-state index contributed by atoms with van der Waals surface area (Å²) in [7, 11) is 0. The van der Waals surface area contributed by atoms with Gasteiger partial charge in [-0.15, -0.1) is 0 Å². The minimum absolute atomic E-state index is 0.139. The number of rotatable bonds is 7. The molecule has 0 bridgehead atoms. The molecule has 5 nitrogen and oxygen atoms in total. The first-order chi connectivity index (χ1) is 14.9. The van der Waals surface area contributed by atoms with Gasteiger partial charge in [-0.1, -0.05) is 40.9 Å². The van der Waals surface area contributed by atoms with Crippen LogP contribution in [-0.4, -0.2) is 18.5 Å². The van der Waals surface area contributed by atoms with Gasteiger partial charge in [0.05, 0.1) is 28.6 Å². The topological polar surface area (TPSA) is 64.6 Å². The van der Waals surface area contributed by atoms with Gasteiger partial charge in [0.15, 0.2) is 0 Å². The Bertz CT molecular complexity index is 1100. The van der Waals surface area contributed by atoms with E-state index in [-0.39, 0.29) is 23.3 Å². The molecule has 0 aliphatic heterocycles. The van der Waals surface area contributed by atoms with Crippen LogP contribution in [0, 0.1) is 0 Å². The molecule has 3 aromatic rings. The summed E-state index contributed by atoms with van der Waals surface area (Å²) in [5.41, 5.74) is 1.62. The Hall–Kier alpha value is -2.73. The molecule has 0 radical (unpaired) electrons. The average molecular weight is 479 g/mol. The third-order valence-corrected chi connectivity index (χ3v) is 5.01. The zero-order chi connectivity index (χ0) is 22.4. The molecule has 0 saturated carbocycles. The van der Waals surface area contributed by atoms with Gasteiger partial charge < -0.3 is 14.8 Å². The molecule has 31 heavy (non-hydrogen) atoms. The molecule has 3 rings (SSSR count). The SMILES string of the molecule is CCOC(=O)Cc1ccc(Oc2ccc(NC(=O)c3ccc(Cl)cc3Cl)cc2)c(Cl)c1. The van der Waals surface area contributed by atoms with Crippen molar-refractivity contribution in [3.8, 4) is 11.5 Å². The molecule has 160 valence electrons. The van der Waals surface area contributed by atoms with E-state index in [4.69, 9.17) is 44.3 Å². The summed E-state index contributed by atoms with van der Waals surface area (Å²) >= 11 is 18.2. The van der Waals surface area contributed by atoms with Crippen molar-refractivity contribution >= 4 is 52.4 Å². The highest BCUT2D eigenvalue weighted by Crippen LogP contribution is 2.31. The van der Waals surface area contributed by atoms with Gasteiger partial charge in [-0.05, 0) is 67.1 Å². The molecular formula is C23H18Cl3NO4. The number of carbonyl (C=O) groups is 2. The minimum Gasteiger partial charge on any atom is -0.466 e. The van der Waals surface area contributed by atoms with Gasteiger partial charge in [0.2, 0.25) is 0 Å². The Kier molecular flexibility index (Phi) is 7.80. The number of hydrogen-bond donors (Lipinski definition) is 1. The van der Waals surface area contributed by atoms with Crippen LogP contribution in [0.4, 0.5) is 5.69 Å². The summed E-state index contributed by atoms with van der Waals surface area (Å²) in [5.74, 6) is 0.307. The van der Waals surface area contributed by atoms with E-state index < -0.39 is 0 Å². The number of amides is 1. The predicted molar refractivity (Wildman–Crippen MR) is 123 cm³/mol. The van der Waals surface area contributed by atoms with Gasteiger partial charge >= 0.3 is 5.97 Å². The minimum atomic E-state index is -0.351. The lowest BCUT2D eigenvalue weighted by atomic mass is 10.1. The van der Waals surface area contributed by atoms with Crippen molar-refractivity contribution in [1.82, 2.24) is 0 Å². The molecule has 1 amide bonds. The number of anilines is 1. The summed E-state index contributed by atoms with van der Waals surface area (Å²) in [5, 5.41) is 3.86. The van der Waals surface area contributed by atoms with Crippen molar-refractivity contribution < 1.29 is 19.1 Å². The number of benzene rings is 3. The second-order valence-electron chi connectivity index (χ2n) is 6.45. The lowest BCUT2D eigenvalue weighted by Gasteiger charge is -2.11. The van der Waals surface area contributed by atoms with Crippen LogP contribution in [0.25, 0.3) is 0 Å². The lowest BCUT2D eigenvalue weighted by molar-refractivity contribution is -0.142. The smallest absolute Gasteiger partial charge is 0.310 e. The van der Waals surface area contributed by atoms with Crippen LogP contribution in [0.5, 0.6) is 11.5 Å². The van der Waals surface area contributed by atoms with Crippen LogP contribution in [0.2, 0.25) is 15.1 Å². The van der Waals surface area contributed by atoms with Crippen LogP contribution in [-0.2, 0) is 16.0 Å². The molecule has 0 fully saturated rings. The van der Waals surface area contributed by atoms with Gasteiger partial charge in [-0.25, -0.2) is 0 Å². The fraction of sp³-hybridized carbons (Fsp3) is 0.130. The monoisotopic (exact) mass is 477 g/mol. The summed E-state index contributed by atoms with van der Waals surface area (Å²) in [6, 6.07) is 16.6. The molecule has 0 aliphatic rings. The Morgan fingerprint density at radius 3 is 2.29 bits per heavy atom. The maximum absolute atomic E-state index is 12.4. The van der Waals surface area contributed by atoms with E-state index in [1.807, 2.05) is 0 Å². The third-order valence-electron chi connectivity index (χ3n) is 4.17. The van der Waals surface area contributed by atoms with E-state index in [9.17, 15) is 9.59 Å². The second-order valence-corrected chi connectivity index (χ2v) is 7.70. The summed E-state index contributed by atoms with van der Waals surface area (Å²) in [6.07, 6.45) is 0.139. The molecule has 0 spiro atoms. The number of hydrogen-bond acceptors (Lipinski definition) is 4. The van der Waals surface area contributed by atoms with E-state index in [1.54, 1.807) is 61.5 Å². The number of nitrogens with one attached hydrogen (secondary N) is 1. The number of halogens is 3. The third kappa shape index (κ3) is 6.37.